The second-order valence-corrected chi connectivity index (χ2v) is 8.43. The Morgan fingerprint density at radius 1 is 1.06 bits per heavy atom. The molecule has 0 N–H and O–H groups in total. The Bertz CT molecular complexity index is 926. The van der Waals surface area contributed by atoms with Crippen LogP contribution in [0.3, 0.4) is 0 Å². The van der Waals surface area contributed by atoms with E-state index in [0.29, 0.717) is 32.0 Å². The highest BCUT2D eigenvalue weighted by atomic mass is 19.4. The van der Waals surface area contributed by atoms with Crippen molar-refractivity contribution in [1.29, 1.82) is 0 Å². The molecule has 4 rings (SSSR count). The highest BCUT2D eigenvalue weighted by Crippen LogP contribution is 2.42. The number of halogens is 3. The molecule has 0 radical (unpaired) electrons. The van der Waals surface area contributed by atoms with Gasteiger partial charge < -0.3 is 9.64 Å². The second-order valence-electron chi connectivity index (χ2n) is 8.43. The molecule has 1 saturated heterocycles. The summed E-state index contributed by atoms with van der Waals surface area (Å²) in [6.45, 7) is 3.84. The van der Waals surface area contributed by atoms with Gasteiger partial charge >= 0.3 is 12.2 Å². The molecule has 2 aromatic rings. The van der Waals surface area contributed by atoms with Gasteiger partial charge in [0.2, 0.25) is 0 Å². The molecule has 1 aliphatic heterocycles. The number of alkyl halides is 3. The molecule has 0 atom stereocenters. The van der Waals surface area contributed by atoms with Gasteiger partial charge in [-0.3, -0.25) is 9.88 Å². The molecule has 32 heavy (non-hydrogen) atoms. The van der Waals surface area contributed by atoms with Crippen LogP contribution in [0.25, 0.3) is 0 Å². The first-order valence-corrected chi connectivity index (χ1v) is 11.0. The first-order chi connectivity index (χ1) is 15.3. The summed E-state index contributed by atoms with van der Waals surface area (Å²) < 4.78 is 44.1. The SMILES string of the molecule is CCOCc1ccc(CN2C(=O)N(c3ccc(C(F)(F)F)nc3)CC23CCCCC3)cn1. The first-order valence-electron chi connectivity index (χ1n) is 11.0. The summed E-state index contributed by atoms with van der Waals surface area (Å²) in [4.78, 5) is 24.9. The Morgan fingerprint density at radius 3 is 2.44 bits per heavy atom. The lowest BCUT2D eigenvalue weighted by molar-refractivity contribution is -0.141. The molecule has 2 aromatic heterocycles. The van der Waals surface area contributed by atoms with Crippen LogP contribution in [0.5, 0.6) is 0 Å². The molecule has 2 amide bonds. The molecule has 1 aliphatic carbocycles. The first kappa shape index (κ1) is 22.5. The fourth-order valence-electron chi connectivity index (χ4n) is 4.61. The zero-order valence-corrected chi connectivity index (χ0v) is 18.1. The third kappa shape index (κ3) is 4.57. The minimum absolute atomic E-state index is 0.202. The van der Waals surface area contributed by atoms with Crippen molar-refractivity contribution in [2.45, 2.75) is 63.9 Å². The number of hydrogen-bond acceptors (Lipinski definition) is 4. The monoisotopic (exact) mass is 448 g/mol. The molecule has 0 aromatic carbocycles. The van der Waals surface area contributed by atoms with Gasteiger partial charge in [0.05, 0.1) is 36.3 Å². The number of aromatic nitrogens is 2. The molecule has 2 aliphatic rings. The van der Waals surface area contributed by atoms with Gasteiger partial charge in [0, 0.05) is 19.3 Å². The van der Waals surface area contributed by atoms with Gasteiger partial charge in [0.1, 0.15) is 5.69 Å². The average Bonchev–Trinajstić information content (AvgIpc) is 3.04. The van der Waals surface area contributed by atoms with Crippen molar-refractivity contribution in [2.75, 3.05) is 18.1 Å². The number of carbonyl (C=O) groups is 1. The summed E-state index contributed by atoms with van der Waals surface area (Å²) in [5.41, 5.74) is 0.835. The maximum absolute atomic E-state index is 13.4. The van der Waals surface area contributed by atoms with Crippen molar-refractivity contribution >= 4 is 11.7 Å². The van der Waals surface area contributed by atoms with E-state index in [9.17, 15) is 18.0 Å². The van der Waals surface area contributed by atoms with Gasteiger partial charge in [-0.25, -0.2) is 9.78 Å². The van der Waals surface area contributed by atoms with Gasteiger partial charge in [-0.1, -0.05) is 25.3 Å². The van der Waals surface area contributed by atoms with Crippen LogP contribution < -0.4 is 4.90 Å². The highest BCUT2D eigenvalue weighted by Gasteiger charge is 2.50. The van der Waals surface area contributed by atoms with E-state index in [1.807, 2.05) is 24.0 Å². The molecule has 172 valence electrons. The van der Waals surface area contributed by atoms with E-state index in [-0.39, 0.29) is 11.6 Å². The van der Waals surface area contributed by atoms with Gasteiger partial charge in [-0.2, -0.15) is 13.2 Å². The van der Waals surface area contributed by atoms with Gasteiger partial charge in [-0.05, 0) is 43.5 Å². The van der Waals surface area contributed by atoms with Crippen molar-refractivity contribution in [2.24, 2.45) is 0 Å². The summed E-state index contributed by atoms with van der Waals surface area (Å²) >= 11 is 0. The number of urea groups is 1. The molecular weight excluding hydrogens is 421 g/mol. The third-order valence-electron chi connectivity index (χ3n) is 6.30. The summed E-state index contributed by atoms with van der Waals surface area (Å²) in [5, 5.41) is 0. The molecule has 1 spiro atoms. The molecule has 0 unspecified atom stereocenters. The topological polar surface area (TPSA) is 58.6 Å². The van der Waals surface area contributed by atoms with Crippen molar-refractivity contribution in [3.63, 3.8) is 0 Å². The maximum Gasteiger partial charge on any atom is 0.433 e. The predicted molar refractivity (Wildman–Crippen MR) is 113 cm³/mol. The Kier molecular flexibility index (Phi) is 6.37. The summed E-state index contributed by atoms with van der Waals surface area (Å²) in [6.07, 6.45) is 3.32. The lowest BCUT2D eigenvalue weighted by Crippen LogP contribution is -2.48. The van der Waals surface area contributed by atoms with E-state index in [4.69, 9.17) is 4.74 Å². The predicted octanol–water partition coefficient (Wildman–Crippen LogP) is 5.18. The fourth-order valence-corrected chi connectivity index (χ4v) is 4.61. The Balaban J connectivity index is 1.57. The Labute approximate surface area is 185 Å². The van der Waals surface area contributed by atoms with E-state index >= 15 is 0 Å². The fraction of sp³-hybridized carbons (Fsp3) is 0.522. The van der Waals surface area contributed by atoms with Crippen LogP contribution in [0.2, 0.25) is 0 Å². The maximum atomic E-state index is 13.4. The van der Waals surface area contributed by atoms with Crippen molar-refractivity contribution < 1.29 is 22.7 Å². The van der Waals surface area contributed by atoms with Crippen LogP contribution in [0.15, 0.2) is 36.7 Å². The second kappa shape index (κ2) is 9.05. The summed E-state index contributed by atoms with van der Waals surface area (Å²) in [5.74, 6) is 0. The Morgan fingerprint density at radius 2 is 1.84 bits per heavy atom. The van der Waals surface area contributed by atoms with Gasteiger partial charge in [-0.15, -0.1) is 0 Å². The number of carbonyl (C=O) groups excluding carboxylic acids is 1. The van der Waals surface area contributed by atoms with Crippen molar-refractivity contribution in [3.05, 3.63) is 53.6 Å². The summed E-state index contributed by atoms with van der Waals surface area (Å²) in [7, 11) is 0. The molecule has 6 nitrogen and oxygen atoms in total. The zero-order chi connectivity index (χ0) is 22.8. The molecular formula is C23H27F3N4O2. The van der Waals surface area contributed by atoms with Crippen molar-refractivity contribution in [1.82, 2.24) is 14.9 Å². The van der Waals surface area contributed by atoms with Crippen LogP contribution in [-0.4, -0.2) is 39.6 Å². The zero-order valence-electron chi connectivity index (χ0n) is 18.1. The minimum Gasteiger partial charge on any atom is -0.375 e. The van der Waals surface area contributed by atoms with Crippen LogP contribution in [-0.2, 0) is 24.1 Å². The quantitative estimate of drug-likeness (QED) is 0.611. The van der Waals surface area contributed by atoms with E-state index in [1.54, 1.807) is 11.1 Å². The normalized spacial score (nSPS) is 18.6. The smallest absolute Gasteiger partial charge is 0.375 e. The van der Waals surface area contributed by atoms with Crippen LogP contribution in [0.4, 0.5) is 23.7 Å². The van der Waals surface area contributed by atoms with Gasteiger partial charge in [0.25, 0.3) is 0 Å². The van der Waals surface area contributed by atoms with E-state index < -0.39 is 11.9 Å². The number of ether oxygens (including phenoxy) is 1. The minimum atomic E-state index is -4.51. The number of amides is 2. The number of anilines is 1. The lowest BCUT2D eigenvalue weighted by atomic mass is 9.81. The van der Waals surface area contributed by atoms with Crippen LogP contribution >= 0.6 is 0 Å². The largest absolute Gasteiger partial charge is 0.433 e. The number of pyridine rings is 2. The molecule has 9 heteroatoms. The number of nitrogens with zero attached hydrogens (tertiary/aromatic N) is 4. The molecule has 2 fully saturated rings. The highest BCUT2D eigenvalue weighted by molar-refractivity contribution is 5.95. The van der Waals surface area contributed by atoms with Crippen LogP contribution in [0, 0.1) is 0 Å². The summed E-state index contributed by atoms with van der Waals surface area (Å²) in [6, 6.07) is 5.91. The lowest BCUT2D eigenvalue weighted by Gasteiger charge is -2.40. The Hall–Kier alpha value is -2.68. The van der Waals surface area contributed by atoms with E-state index in [2.05, 4.69) is 9.97 Å². The van der Waals surface area contributed by atoms with Crippen LogP contribution in [0.1, 0.15) is 56.0 Å². The van der Waals surface area contributed by atoms with E-state index in [0.717, 1.165) is 55.6 Å². The van der Waals surface area contributed by atoms with E-state index in [1.165, 1.54) is 6.07 Å². The van der Waals surface area contributed by atoms with Crippen molar-refractivity contribution in [3.8, 4) is 0 Å². The average molecular weight is 448 g/mol. The molecule has 0 bridgehead atoms. The number of rotatable bonds is 6. The third-order valence-corrected chi connectivity index (χ3v) is 6.30. The van der Waals surface area contributed by atoms with Gasteiger partial charge in [0.15, 0.2) is 0 Å². The number of hydrogen-bond donors (Lipinski definition) is 0. The standard InChI is InChI=1S/C23H27F3N4O2/c1-2-32-15-18-7-6-17(12-27-18)14-30-21(31)29(16-22(30)10-4-3-5-11-22)19-8-9-20(28-13-19)23(24,25)26/h6-9,12-13H,2-5,10-11,14-16H2,1H3. The molecule has 1 saturated carbocycles. The molecule has 3 heterocycles.